The molecule has 21 heavy (non-hydrogen) atoms. The van der Waals surface area contributed by atoms with E-state index in [9.17, 15) is 9.59 Å². The van der Waals surface area contributed by atoms with Gasteiger partial charge >= 0.3 is 0 Å². The number of unbranched alkanes of at least 4 members (excludes halogenated alkanes) is 1. The van der Waals surface area contributed by atoms with E-state index in [0.29, 0.717) is 23.4 Å². The average Bonchev–Trinajstić information content (AvgIpc) is 3.02. The topological polar surface area (TPSA) is 58.2 Å². The van der Waals surface area contributed by atoms with Crippen molar-refractivity contribution < 1.29 is 9.59 Å². The van der Waals surface area contributed by atoms with Crippen LogP contribution in [0.3, 0.4) is 0 Å². The van der Waals surface area contributed by atoms with Gasteiger partial charge in [-0.3, -0.25) is 9.59 Å². The Morgan fingerprint density at radius 3 is 2.67 bits per heavy atom. The lowest BCUT2D eigenvalue weighted by Crippen LogP contribution is -2.26. The first-order chi connectivity index (χ1) is 10.2. The van der Waals surface area contributed by atoms with Crippen LogP contribution in [0.5, 0.6) is 0 Å². The number of carbonyl (C=O) groups is 2. The molecule has 110 valence electrons. The Hall–Kier alpha value is -2.14. The van der Waals surface area contributed by atoms with Crippen molar-refractivity contribution in [3.63, 3.8) is 0 Å². The summed E-state index contributed by atoms with van der Waals surface area (Å²) in [6.45, 7) is 2.71. The summed E-state index contributed by atoms with van der Waals surface area (Å²) in [5.41, 5.74) is 1.61. The van der Waals surface area contributed by atoms with E-state index in [2.05, 4.69) is 17.6 Å². The number of thiophene rings is 1. The second kappa shape index (κ2) is 7.59. The molecule has 0 fully saturated rings. The van der Waals surface area contributed by atoms with E-state index in [4.69, 9.17) is 0 Å². The molecule has 0 bridgehead atoms. The lowest BCUT2D eigenvalue weighted by atomic mass is 10.1. The highest BCUT2D eigenvalue weighted by Gasteiger charge is 2.13. The average molecular weight is 302 g/mol. The SMILES string of the molecule is CCCCNC(=O)c1ccccc1NC(=O)c1ccsc1. The molecule has 1 aromatic heterocycles. The number of hydrogen-bond acceptors (Lipinski definition) is 3. The van der Waals surface area contributed by atoms with E-state index >= 15 is 0 Å². The summed E-state index contributed by atoms with van der Waals surface area (Å²) in [6.07, 6.45) is 1.96. The summed E-state index contributed by atoms with van der Waals surface area (Å²) >= 11 is 1.46. The minimum atomic E-state index is -0.204. The Balaban J connectivity index is 2.09. The smallest absolute Gasteiger partial charge is 0.256 e. The van der Waals surface area contributed by atoms with Crippen LogP contribution in [0.4, 0.5) is 5.69 Å². The third-order valence-corrected chi connectivity index (χ3v) is 3.70. The zero-order valence-corrected chi connectivity index (χ0v) is 12.7. The van der Waals surface area contributed by atoms with Crippen LogP contribution >= 0.6 is 11.3 Å². The molecule has 0 radical (unpaired) electrons. The van der Waals surface area contributed by atoms with Gasteiger partial charge in [0.15, 0.2) is 0 Å². The molecule has 2 N–H and O–H groups in total. The fourth-order valence-electron chi connectivity index (χ4n) is 1.85. The largest absolute Gasteiger partial charge is 0.352 e. The Morgan fingerprint density at radius 2 is 1.95 bits per heavy atom. The minimum Gasteiger partial charge on any atom is -0.352 e. The van der Waals surface area contributed by atoms with Gasteiger partial charge in [0.25, 0.3) is 11.8 Å². The van der Waals surface area contributed by atoms with Crippen molar-refractivity contribution in [3.05, 3.63) is 52.2 Å². The highest BCUT2D eigenvalue weighted by Crippen LogP contribution is 2.17. The Bertz CT molecular complexity index is 608. The summed E-state index contributed by atoms with van der Waals surface area (Å²) in [5, 5.41) is 9.27. The summed E-state index contributed by atoms with van der Waals surface area (Å²) in [5.74, 6) is -0.366. The van der Waals surface area contributed by atoms with Crippen LogP contribution in [-0.2, 0) is 0 Å². The van der Waals surface area contributed by atoms with Crippen LogP contribution < -0.4 is 10.6 Å². The molecule has 0 saturated heterocycles. The summed E-state index contributed by atoms with van der Waals surface area (Å²) in [7, 11) is 0. The van der Waals surface area contributed by atoms with Crippen LogP contribution in [0.1, 0.15) is 40.5 Å². The zero-order valence-electron chi connectivity index (χ0n) is 11.9. The summed E-state index contributed by atoms with van der Waals surface area (Å²) in [4.78, 5) is 24.2. The Labute approximate surface area is 128 Å². The number of hydrogen-bond donors (Lipinski definition) is 2. The predicted octanol–water partition coefficient (Wildman–Crippen LogP) is 3.53. The van der Waals surface area contributed by atoms with E-state index < -0.39 is 0 Å². The van der Waals surface area contributed by atoms with Gasteiger partial charge in [-0.05, 0) is 30.0 Å². The molecule has 1 aromatic carbocycles. The van der Waals surface area contributed by atoms with Crippen molar-refractivity contribution in [3.8, 4) is 0 Å². The second-order valence-electron chi connectivity index (χ2n) is 4.62. The number of amides is 2. The van der Waals surface area contributed by atoms with E-state index in [0.717, 1.165) is 12.8 Å². The van der Waals surface area contributed by atoms with Gasteiger partial charge < -0.3 is 10.6 Å². The second-order valence-corrected chi connectivity index (χ2v) is 5.40. The van der Waals surface area contributed by atoms with Crippen LogP contribution in [0.2, 0.25) is 0 Å². The lowest BCUT2D eigenvalue weighted by molar-refractivity contribution is 0.0954. The van der Waals surface area contributed by atoms with Gasteiger partial charge in [0.05, 0.1) is 16.8 Å². The first-order valence-electron chi connectivity index (χ1n) is 6.93. The lowest BCUT2D eigenvalue weighted by Gasteiger charge is -2.10. The molecule has 0 aliphatic rings. The van der Waals surface area contributed by atoms with E-state index in [1.807, 2.05) is 5.38 Å². The van der Waals surface area contributed by atoms with Crippen molar-refractivity contribution in [1.82, 2.24) is 5.32 Å². The fourth-order valence-corrected chi connectivity index (χ4v) is 2.49. The fraction of sp³-hybridized carbons (Fsp3) is 0.250. The molecule has 2 rings (SSSR count). The number of anilines is 1. The molecule has 0 unspecified atom stereocenters. The van der Waals surface area contributed by atoms with Gasteiger partial charge in [0, 0.05) is 11.9 Å². The van der Waals surface area contributed by atoms with Gasteiger partial charge in [0.2, 0.25) is 0 Å². The zero-order chi connectivity index (χ0) is 15.1. The Morgan fingerprint density at radius 1 is 1.14 bits per heavy atom. The summed E-state index contributed by atoms with van der Waals surface area (Å²) in [6, 6.07) is 8.79. The quantitative estimate of drug-likeness (QED) is 0.802. The molecule has 5 heteroatoms. The van der Waals surface area contributed by atoms with E-state index in [1.54, 1.807) is 35.7 Å². The van der Waals surface area contributed by atoms with E-state index in [1.165, 1.54) is 11.3 Å². The monoisotopic (exact) mass is 302 g/mol. The van der Waals surface area contributed by atoms with Crippen molar-refractivity contribution in [1.29, 1.82) is 0 Å². The molecular weight excluding hydrogens is 284 g/mol. The molecule has 0 atom stereocenters. The molecule has 0 aliphatic carbocycles. The maximum atomic E-state index is 12.1. The number of nitrogens with one attached hydrogen (secondary N) is 2. The maximum Gasteiger partial charge on any atom is 0.256 e. The van der Waals surface area contributed by atoms with Crippen molar-refractivity contribution in [2.45, 2.75) is 19.8 Å². The van der Waals surface area contributed by atoms with Crippen molar-refractivity contribution in [2.75, 3.05) is 11.9 Å². The number of para-hydroxylation sites is 1. The third-order valence-electron chi connectivity index (χ3n) is 3.02. The van der Waals surface area contributed by atoms with Crippen LogP contribution in [-0.4, -0.2) is 18.4 Å². The molecule has 4 nitrogen and oxygen atoms in total. The molecule has 2 aromatic rings. The minimum absolute atomic E-state index is 0.162. The molecule has 1 heterocycles. The van der Waals surface area contributed by atoms with Gasteiger partial charge in [-0.15, -0.1) is 0 Å². The molecular formula is C16H18N2O2S. The summed E-state index contributed by atoms with van der Waals surface area (Å²) < 4.78 is 0. The predicted molar refractivity (Wildman–Crippen MR) is 86.0 cm³/mol. The molecule has 0 saturated carbocycles. The first kappa shape index (κ1) is 15.3. The van der Waals surface area contributed by atoms with Crippen LogP contribution in [0.25, 0.3) is 0 Å². The van der Waals surface area contributed by atoms with Crippen molar-refractivity contribution in [2.24, 2.45) is 0 Å². The van der Waals surface area contributed by atoms with Crippen LogP contribution in [0, 0.1) is 0 Å². The maximum absolute atomic E-state index is 12.1. The molecule has 0 aliphatic heterocycles. The highest BCUT2D eigenvalue weighted by molar-refractivity contribution is 7.08. The molecule has 0 spiro atoms. The van der Waals surface area contributed by atoms with Gasteiger partial charge in [-0.2, -0.15) is 11.3 Å². The Kier molecular flexibility index (Phi) is 5.51. The van der Waals surface area contributed by atoms with Crippen molar-refractivity contribution >= 4 is 28.8 Å². The van der Waals surface area contributed by atoms with Gasteiger partial charge in [-0.25, -0.2) is 0 Å². The van der Waals surface area contributed by atoms with Gasteiger partial charge in [-0.1, -0.05) is 25.5 Å². The highest BCUT2D eigenvalue weighted by atomic mass is 32.1. The normalized spacial score (nSPS) is 10.1. The number of carbonyl (C=O) groups excluding carboxylic acids is 2. The molecule has 2 amide bonds. The van der Waals surface area contributed by atoms with E-state index in [-0.39, 0.29) is 11.8 Å². The number of rotatable bonds is 6. The number of benzene rings is 1. The standard InChI is InChI=1S/C16H18N2O2S/c1-2-3-9-17-16(20)13-6-4-5-7-14(13)18-15(19)12-8-10-21-11-12/h4-8,10-11H,2-3,9H2,1H3,(H,17,20)(H,18,19). The first-order valence-corrected chi connectivity index (χ1v) is 7.87. The van der Waals surface area contributed by atoms with Gasteiger partial charge in [0.1, 0.15) is 0 Å². The third kappa shape index (κ3) is 4.16. The van der Waals surface area contributed by atoms with Crippen LogP contribution in [0.15, 0.2) is 41.1 Å².